The van der Waals surface area contributed by atoms with Gasteiger partial charge in [0.15, 0.2) is 6.61 Å². The molecule has 1 amide bonds. The molecule has 0 saturated carbocycles. The fourth-order valence-electron chi connectivity index (χ4n) is 2.26. The van der Waals surface area contributed by atoms with Crippen molar-refractivity contribution in [2.24, 2.45) is 0 Å². The molecule has 3 rings (SSSR count). The summed E-state index contributed by atoms with van der Waals surface area (Å²) in [5.41, 5.74) is 3.95. The Bertz CT molecular complexity index is 675. The molecule has 0 saturated heterocycles. The Morgan fingerprint density at radius 2 is 1.85 bits per heavy atom. The van der Waals surface area contributed by atoms with Gasteiger partial charge in [0.25, 0.3) is 5.91 Å². The van der Waals surface area contributed by atoms with Crippen LogP contribution >= 0.6 is 0 Å². The molecular weight excluding hydrogens is 250 g/mol. The number of rotatable bonds is 2. The molecule has 1 heterocycles. The van der Waals surface area contributed by atoms with E-state index in [1.54, 1.807) is 0 Å². The molecule has 3 heteroatoms. The van der Waals surface area contributed by atoms with Crippen LogP contribution < -0.4 is 10.1 Å². The number of carbonyl (C=O) groups excluding carboxylic acids is 1. The van der Waals surface area contributed by atoms with Gasteiger partial charge in [-0.25, -0.2) is 0 Å². The van der Waals surface area contributed by atoms with E-state index in [2.05, 4.69) is 11.4 Å². The van der Waals surface area contributed by atoms with Crippen LogP contribution in [0, 0.1) is 6.92 Å². The molecule has 0 radical (unpaired) electrons. The largest absolute Gasteiger partial charge is 0.481 e. The summed E-state index contributed by atoms with van der Waals surface area (Å²) >= 11 is 0. The third kappa shape index (κ3) is 2.57. The minimum atomic E-state index is -0.110. The SMILES string of the molecule is Cc1cc(C=Cc2ccccc2)cc2c1OCC(=O)N2. The van der Waals surface area contributed by atoms with Crippen molar-refractivity contribution in [2.75, 3.05) is 11.9 Å². The van der Waals surface area contributed by atoms with E-state index in [0.29, 0.717) is 0 Å². The fourth-order valence-corrected chi connectivity index (χ4v) is 2.26. The van der Waals surface area contributed by atoms with Gasteiger partial charge in [0.05, 0.1) is 5.69 Å². The maximum Gasteiger partial charge on any atom is 0.262 e. The van der Waals surface area contributed by atoms with Crippen molar-refractivity contribution in [3.63, 3.8) is 0 Å². The second-order valence-corrected chi connectivity index (χ2v) is 4.80. The quantitative estimate of drug-likeness (QED) is 0.844. The van der Waals surface area contributed by atoms with E-state index < -0.39 is 0 Å². The third-order valence-corrected chi connectivity index (χ3v) is 3.19. The average Bonchev–Trinajstić information content (AvgIpc) is 2.46. The number of hydrogen-bond acceptors (Lipinski definition) is 2. The van der Waals surface area contributed by atoms with E-state index >= 15 is 0 Å². The number of amides is 1. The predicted octanol–water partition coefficient (Wildman–Crippen LogP) is 3.50. The highest BCUT2D eigenvalue weighted by molar-refractivity contribution is 5.96. The molecule has 0 spiro atoms. The molecule has 0 bridgehead atoms. The van der Waals surface area contributed by atoms with E-state index in [9.17, 15) is 4.79 Å². The lowest BCUT2D eigenvalue weighted by Crippen LogP contribution is -2.25. The van der Waals surface area contributed by atoms with E-state index in [1.807, 2.05) is 55.5 Å². The van der Waals surface area contributed by atoms with Crippen LogP contribution in [0.4, 0.5) is 5.69 Å². The Balaban J connectivity index is 1.91. The number of ether oxygens (including phenoxy) is 1. The summed E-state index contributed by atoms with van der Waals surface area (Å²) < 4.78 is 5.45. The molecular formula is C17H15NO2. The number of carbonyl (C=O) groups is 1. The summed E-state index contributed by atoms with van der Waals surface area (Å²) in [7, 11) is 0. The first-order chi connectivity index (χ1) is 9.72. The van der Waals surface area contributed by atoms with Gasteiger partial charge in [0.1, 0.15) is 5.75 Å². The van der Waals surface area contributed by atoms with Gasteiger partial charge in [-0.3, -0.25) is 4.79 Å². The number of anilines is 1. The molecule has 0 atom stereocenters. The van der Waals surface area contributed by atoms with Crippen molar-refractivity contribution in [2.45, 2.75) is 6.92 Å². The summed E-state index contributed by atoms with van der Waals surface area (Å²) in [6, 6.07) is 14.1. The summed E-state index contributed by atoms with van der Waals surface area (Å²) in [5, 5.41) is 2.84. The Hall–Kier alpha value is -2.55. The number of nitrogens with one attached hydrogen (secondary N) is 1. The van der Waals surface area contributed by atoms with Crippen LogP contribution in [0.2, 0.25) is 0 Å². The van der Waals surface area contributed by atoms with Gasteiger partial charge in [0, 0.05) is 0 Å². The van der Waals surface area contributed by atoms with Crippen LogP contribution in [-0.2, 0) is 4.79 Å². The zero-order valence-corrected chi connectivity index (χ0v) is 11.2. The molecule has 2 aromatic carbocycles. The monoisotopic (exact) mass is 265 g/mol. The molecule has 100 valence electrons. The van der Waals surface area contributed by atoms with E-state index in [-0.39, 0.29) is 12.5 Å². The molecule has 1 N–H and O–H groups in total. The first-order valence-corrected chi connectivity index (χ1v) is 6.53. The van der Waals surface area contributed by atoms with Gasteiger partial charge in [-0.05, 0) is 35.7 Å². The second kappa shape index (κ2) is 5.21. The zero-order chi connectivity index (χ0) is 13.9. The first-order valence-electron chi connectivity index (χ1n) is 6.53. The number of fused-ring (bicyclic) bond motifs is 1. The standard InChI is InChI=1S/C17H15NO2/c1-12-9-14(8-7-13-5-3-2-4-6-13)10-15-17(12)20-11-16(19)18-15/h2-10H,11H2,1H3,(H,18,19). The number of aryl methyl sites for hydroxylation is 1. The van der Waals surface area contributed by atoms with Crippen LogP contribution in [0.1, 0.15) is 16.7 Å². The molecule has 1 aliphatic heterocycles. The molecule has 0 fully saturated rings. The molecule has 1 aliphatic rings. The predicted molar refractivity (Wildman–Crippen MR) is 80.7 cm³/mol. The lowest BCUT2D eigenvalue weighted by Gasteiger charge is -2.20. The van der Waals surface area contributed by atoms with Gasteiger partial charge in [-0.15, -0.1) is 0 Å². The van der Waals surface area contributed by atoms with Gasteiger partial charge in [-0.1, -0.05) is 42.5 Å². The number of hydrogen-bond donors (Lipinski definition) is 1. The normalized spacial score (nSPS) is 13.8. The maximum absolute atomic E-state index is 11.4. The van der Waals surface area contributed by atoms with Gasteiger partial charge in [0.2, 0.25) is 0 Å². The minimum absolute atomic E-state index is 0.0903. The van der Waals surface area contributed by atoms with Crippen molar-refractivity contribution < 1.29 is 9.53 Å². The van der Waals surface area contributed by atoms with Gasteiger partial charge in [-0.2, -0.15) is 0 Å². The summed E-state index contributed by atoms with van der Waals surface area (Å²) in [5.74, 6) is 0.655. The van der Waals surface area contributed by atoms with E-state index in [4.69, 9.17) is 4.74 Å². The lowest BCUT2D eigenvalue weighted by molar-refractivity contribution is -0.118. The molecule has 0 unspecified atom stereocenters. The van der Waals surface area contributed by atoms with Crippen LogP contribution in [-0.4, -0.2) is 12.5 Å². The molecule has 3 nitrogen and oxygen atoms in total. The summed E-state index contributed by atoms with van der Waals surface area (Å²) in [6.45, 7) is 2.07. The number of benzene rings is 2. The Labute approximate surface area is 117 Å². The van der Waals surface area contributed by atoms with Crippen molar-refractivity contribution in [3.8, 4) is 5.75 Å². The highest BCUT2D eigenvalue weighted by Gasteiger charge is 2.17. The van der Waals surface area contributed by atoms with Crippen LogP contribution in [0.15, 0.2) is 42.5 Å². The molecule has 2 aromatic rings. The van der Waals surface area contributed by atoms with Crippen molar-refractivity contribution in [1.29, 1.82) is 0 Å². The third-order valence-electron chi connectivity index (χ3n) is 3.19. The van der Waals surface area contributed by atoms with E-state index in [0.717, 1.165) is 28.1 Å². The smallest absolute Gasteiger partial charge is 0.262 e. The van der Waals surface area contributed by atoms with Crippen molar-refractivity contribution >= 4 is 23.7 Å². The first kappa shape index (κ1) is 12.5. The lowest BCUT2D eigenvalue weighted by atomic mass is 10.1. The summed E-state index contributed by atoms with van der Waals surface area (Å²) in [4.78, 5) is 11.4. The Kier molecular flexibility index (Phi) is 3.25. The second-order valence-electron chi connectivity index (χ2n) is 4.80. The Morgan fingerprint density at radius 1 is 1.10 bits per heavy atom. The van der Waals surface area contributed by atoms with Crippen LogP contribution in [0.3, 0.4) is 0 Å². The Morgan fingerprint density at radius 3 is 2.65 bits per heavy atom. The highest BCUT2D eigenvalue weighted by Crippen LogP contribution is 2.33. The zero-order valence-electron chi connectivity index (χ0n) is 11.2. The van der Waals surface area contributed by atoms with Crippen molar-refractivity contribution in [3.05, 3.63) is 59.2 Å². The average molecular weight is 265 g/mol. The van der Waals surface area contributed by atoms with Crippen LogP contribution in [0.5, 0.6) is 5.75 Å². The van der Waals surface area contributed by atoms with E-state index in [1.165, 1.54) is 0 Å². The van der Waals surface area contributed by atoms with Gasteiger partial charge >= 0.3 is 0 Å². The highest BCUT2D eigenvalue weighted by atomic mass is 16.5. The van der Waals surface area contributed by atoms with Crippen molar-refractivity contribution in [1.82, 2.24) is 0 Å². The topological polar surface area (TPSA) is 38.3 Å². The van der Waals surface area contributed by atoms with Gasteiger partial charge < -0.3 is 10.1 Å². The molecule has 0 aromatic heterocycles. The molecule has 0 aliphatic carbocycles. The maximum atomic E-state index is 11.4. The molecule has 20 heavy (non-hydrogen) atoms. The fraction of sp³-hybridized carbons (Fsp3) is 0.118. The summed E-state index contributed by atoms with van der Waals surface area (Å²) in [6.07, 6.45) is 4.08. The van der Waals surface area contributed by atoms with Crippen LogP contribution in [0.25, 0.3) is 12.2 Å². The minimum Gasteiger partial charge on any atom is -0.481 e.